The number of nitrogens with two attached hydrogens (primary N) is 1. The van der Waals surface area contributed by atoms with E-state index in [9.17, 15) is 34.2 Å². The molecule has 0 aliphatic carbocycles. The molecule has 12 heteroatoms. The SMILES string of the molecule is NCc1ccc(NC(=O)C[C@@H]2CCc3cc(Cl)cc4[nH]c(=O)c(=O)n2c34)c(CCC(C(=O)O)C(=O)O)c1. The van der Waals surface area contributed by atoms with Crippen LogP contribution in [0.15, 0.2) is 39.9 Å². The van der Waals surface area contributed by atoms with E-state index in [2.05, 4.69) is 10.3 Å². The van der Waals surface area contributed by atoms with Crippen LogP contribution in [0, 0.1) is 5.92 Å². The molecular formula is C25H25ClN4O7. The first kappa shape index (κ1) is 26.1. The van der Waals surface area contributed by atoms with E-state index in [1.54, 1.807) is 30.3 Å². The summed E-state index contributed by atoms with van der Waals surface area (Å²) in [5.74, 6) is -4.90. The number of carboxylic acids is 2. The minimum absolute atomic E-state index is 0.0818. The maximum absolute atomic E-state index is 13.1. The van der Waals surface area contributed by atoms with Crippen LogP contribution in [0.1, 0.15) is 42.0 Å². The van der Waals surface area contributed by atoms with Gasteiger partial charge in [0.05, 0.1) is 11.0 Å². The Morgan fingerprint density at radius 1 is 1.16 bits per heavy atom. The van der Waals surface area contributed by atoms with Crippen LogP contribution in [0.3, 0.4) is 0 Å². The fourth-order valence-corrected chi connectivity index (χ4v) is 5.02. The second kappa shape index (κ2) is 10.6. The normalized spacial score (nSPS) is 14.6. The number of benzene rings is 2. The summed E-state index contributed by atoms with van der Waals surface area (Å²) in [6.45, 7) is 0.204. The van der Waals surface area contributed by atoms with Crippen molar-refractivity contribution in [2.45, 2.75) is 44.7 Å². The number of amides is 1. The number of aryl methyl sites for hydroxylation is 2. The third-order valence-electron chi connectivity index (χ3n) is 6.57. The quantitative estimate of drug-likeness (QED) is 0.206. The minimum Gasteiger partial charge on any atom is -0.481 e. The number of rotatable bonds is 9. The number of aliphatic carboxylic acids is 2. The number of nitrogens with zero attached hydrogens (tertiary/aromatic N) is 1. The van der Waals surface area contributed by atoms with E-state index in [-0.39, 0.29) is 25.8 Å². The lowest BCUT2D eigenvalue weighted by Gasteiger charge is -2.27. The van der Waals surface area contributed by atoms with Crippen molar-refractivity contribution in [2.75, 3.05) is 5.32 Å². The predicted molar refractivity (Wildman–Crippen MR) is 136 cm³/mol. The summed E-state index contributed by atoms with van der Waals surface area (Å²) in [4.78, 5) is 63.2. The molecule has 0 bridgehead atoms. The van der Waals surface area contributed by atoms with Crippen LogP contribution < -0.4 is 22.2 Å². The van der Waals surface area contributed by atoms with E-state index in [0.717, 1.165) is 11.1 Å². The molecule has 3 aromatic rings. The van der Waals surface area contributed by atoms with Crippen molar-refractivity contribution in [1.29, 1.82) is 0 Å². The molecular weight excluding hydrogens is 504 g/mol. The lowest BCUT2D eigenvalue weighted by Crippen LogP contribution is -2.41. The average Bonchev–Trinajstić information content (AvgIpc) is 2.83. The summed E-state index contributed by atoms with van der Waals surface area (Å²) in [7, 11) is 0. The molecule has 1 aromatic heterocycles. The fourth-order valence-electron chi connectivity index (χ4n) is 4.78. The van der Waals surface area contributed by atoms with Gasteiger partial charge in [0, 0.05) is 29.7 Å². The first-order valence-electron chi connectivity index (χ1n) is 11.6. The molecule has 1 aliphatic heterocycles. The molecule has 4 rings (SSSR count). The van der Waals surface area contributed by atoms with E-state index in [1.165, 1.54) is 4.57 Å². The lowest BCUT2D eigenvalue weighted by molar-refractivity contribution is -0.154. The van der Waals surface area contributed by atoms with E-state index in [0.29, 0.717) is 40.1 Å². The number of aromatic amines is 1. The summed E-state index contributed by atoms with van der Waals surface area (Å²) >= 11 is 6.15. The molecule has 0 radical (unpaired) electrons. The van der Waals surface area contributed by atoms with Crippen LogP contribution in [-0.2, 0) is 33.8 Å². The van der Waals surface area contributed by atoms with Crippen molar-refractivity contribution in [3.05, 3.63) is 72.8 Å². The standard InChI is InChI=1S/C25H25ClN4O7/c26-15-8-14-2-4-16(30-21(14)19(9-15)29-22(32)23(30)33)10-20(31)28-18-6-1-12(11-27)7-13(18)3-5-17(24(34)35)25(36)37/h1,6-9,16-17H,2-5,10-11,27H2,(H,28,31)(H,29,32)(H,34,35)(H,36,37)/t16-/m0/s1. The summed E-state index contributed by atoms with van der Waals surface area (Å²) in [5.41, 5.74) is 7.59. The molecule has 11 nitrogen and oxygen atoms in total. The average molecular weight is 529 g/mol. The lowest BCUT2D eigenvalue weighted by atomic mass is 9.95. The number of carboxylic acid groups (broad SMARTS) is 2. The van der Waals surface area contributed by atoms with Gasteiger partial charge in [-0.05, 0) is 60.6 Å². The van der Waals surface area contributed by atoms with Gasteiger partial charge in [-0.2, -0.15) is 0 Å². The summed E-state index contributed by atoms with van der Waals surface area (Å²) in [6, 6.07) is 7.76. The van der Waals surface area contributed by atoms with Gasteiger partial charge < -0.3 is 26.2 Å². The molecule has 194 valence electrons. The van der Waals surface area contributed by atoms with Crippen LogP contribution in [0.4, 0.5) is 5.69 Å². The van der Waals surface area contributed by atoms with Crippen LogP contribution in [-0.4, -0.2) is 37.6 Å². The third-order valence-corrected chi connectivity index (χ3v) is 6.79. The highest BCUT2D eigenvalue weighted by Crippen LogP contribution is 2.32. The highest BCUT2D eigenvalue weighted by molar-refractivity contribution is 6.31. The second-order valence-corrected chi connectivity index (χ2v) is 9.43. The Balaban J connectivity index is 1.59. The highest BCUT2D eigenvalue weighted by Gasteiger charge is 2.28. The van der Waals surface area contributed by atoms with E-state index >= 15 is 0 Å². The molecule has 1 amide bonds. The number of anilines is 1. The molecule has 0 fully saturated rings. The van der Waals surface area contributed by atoms with Crippen molar-refractivity contribution < 1.29 is 24.6 Å². The molecule has 1 atom stereocenters. The van der Waals surface area contributed by atoms with Crippen LogP contribution >= 0.6 is 11.6 Å². The van der Waals surface area contributed by atoms with Crippen LogP contribution in [0.2, 0.25) is 5.02 Å². The highest BCUT2D eigenvalue weighted by atomic mass is 35.5. The van der Waals surface area contributed by atoms with Gasteiger partial charge in [0.15, 0.2) is 5.92 Å². The number of hydrogen-bond acceptors (Lipinski definition) is 6. The monoisotopic (exact) mass is 528 g/mol. The van der Waals surface area contributed by atoms with E-state index in [4.69, 9.17) is 17.3 Å². The summed E-state index contributed by atoms with van der Waals surface area (Å²) in [5, 5.41) is 21.6. The Morgan fingerprint density at radius 2 is 1.89 bits per heavy atom. The second-order valence-electron chi connectivity index (χ2n) is 9.00. The number of carbonyl (C=O) groups is 3. The molecule has 2 heterocycles. The zero-order valence-electron chi connectivity index (χ0n) is 19.6. The smallest absolute Gasteiger partial charge is 0.317 e. The van der Waals surface area contributed by atoms with Gasteiger partial charge in [0.1, 0.15) is 0 Å². The number of halogens is 1. The maximum atomic E-state index is 13.1. The number of nitrogens with one attached hydrogen (secondary N) is 2. The van der Waals surface area contributed by atoms with Crippen molar-refractivity contribution in [2.24, 2.45) is 11.7 Å². The third kappa shape index (κ3) is 5.42. The van der Waals surface area contributed by atoms with Gasteiger partial charge in [0.2, 0.25) is 5.91 Å². The number of aromatic nitrogens is 2. The number of carbonyl (C=O) groups excluding carboxylic acids is 1. The molecule has 6 N–H and O–H groups in total. The number of hydrogen-bond donors (Lipinski definition) is 5. The fraction of sp³-hybridized carbons (Fsp3) is 0.320. The Morgan fingerprint density at radius 3 is 2.57 bits per heavy atom. The Hall–Kier alpha value is -3.96. The van der Waals surface area contributed by atoms with Gasteiger partial charge in [-0.15, -0.1) is 0 Å². The van der Waals surface area contributed by atoms with Crippen molar-refractivity contribution in [1.82, 2.24) is 9.55 Å². The zero-order chi connectivity index (χ0) is 26.9. The van der Waals surface area contributed by atoms with Crippen molar-refractivity contribution >= 4 is 46.2 Å². The predicted octanol–water partition coefficient (Wildman–Crippen LogP) is 2.04. The van der Waals surface area contributed by atoms with Gasteiger partial charge >= 0.3 is 23.1 Å². The first-order chi connectivity index (χ1) is 17.6. The van der Waals surface area contributed by atoms with Crippen LogP contribution in [0.25, 0.3) is 11.0 Å². The molecule has 0 saturated heterocycles. The van der Waals surface area contributed by atoms with Gasteiger partial charge in [-0.3, -0.25) is 28.5 Å². The Labute approximate surface area is 214 Å². The molecule has 1 aliphatic rings. The first-order valence-corrected chi connectivity index (χ1v) is 12.0. The summed E-state index contributed by atoms with van der Waals surface area (Å²) in [6.07, 6.45) is 0.813. The van der Waals surface area contributed by atoms with E-state index < -0.39 is 40.9 Å². The van der Waals surface area contributed by atoms with Crippen molar-refractivity contribution in [3.63, 3.8) is 0 Å². The topological polar surface area (TPSA) is 185 Å². The maximum Gasteiger partial charge on any atom is 0.317 e. The van der Waals surface area contributed by atoms with E-state index in [1.807, 2.05) is 0 Å². The minimum atomic E-state index is -1.59. The van der Waals surface area contributed by atoms with Gasteiger partial charge in [-0.25, -0.2) is 0 Å². The van der Waals surface area contributed by atoms with Gasteiger partial charge in [-0.1, -0.05) is 23.7 Å². The zero-order valence-corrected chi connectivity index (χ0v) is 20.4. The number of H-pyrrole nitrogens is 1. The molecule has 0 spiro atoms. The van der Waals surface area contributed by atoms with Gasteiger partial charge in [0.25, 0.3) is 0 Å². The summed E-state index contributed by atoms with van der Waals surface area (Å²) < 4.78 is 1.35. The Bertz CT molecular complexity index is 1510. The molecule has 37 heavy (non-hydrogen) atoms. The Kier molecular flexibility index (Phi) is 7.46. The molecule has 2 aromatic carbocycles. The largest absolute Gasteiger partial charge is 0.481 e. The van der Waals surface area contributed by atoms with Crippen molar-refractivity contribution in [3.8, 4) is 0 Å². The molecule has 0 unspecified atom stereocenters. The van der Waals surface area contributed by atoms with Crippen LogP contribution in [0.5, 0.6) is 0 Å². The molecule has 0 saturated carbocycles.